The van der Waals surface area contributed by atoms with Gasteiger partial charge in [-0.05, 0) is 49.8 Å². The predicted octanol–water partition coefficient (Wildman–Crippen LogP) is 3.65. The van der Waals surface area contributed by atoms with Gasteiger partial charge in [0.15, 0.2) is 0 Å². The SMILES string of the molecule is CC1CCN(C(=O)C2CCN(S(=O)(=O)c3ccc(Cl)c(Cl)c3)CC2)CC1. The molecule has 0 atom stereocenters. The number of piperidine rings is 2. The number of hydrogen-bond donors (Lipinski definition) is 0. The van der Waals surface area contributed by atoms with E-state index < -0.39 is 10.0 Å². The third-order valence-electron chi connectivity index (χ3n) is 5.43. The van der Waals surface area contributed by atoms with E-state index in [0.717, 1.165) is 25.9 Å². The fourth-order valence-electron chi connectivity index (χ4n) is 3.62. The molecule has 1 aromatic carbocycles. The number of carbonyl (C=O) groups excluding carboxylic acids is 1. The number of amides is 1. The quantitative estimate of drug-likeness (QED) is 0.752. The molecule has 0 radical (unpaired) electrons. The predicted molar refractivity (Wildman–Crippen MR) is 103 cm³/mol. The fourth-order valence-corrected chi connectivity index (χ4v) is 5.48. The van der Waals surface area contributed by atoms with Gasteiger partial charge in [0.05, 0.1) is 14.9 Å². The third kappa shape index (κ3) is 4.19. The van der Waals surface area contributed by atoms with E-state index >= 15 is 0 Å². The Hall–Kier alpha value is -0.820. The largest absolute Gasteiger partial charge is 0.342 e. The van der Waals surface area contributed by atoms with Gasteiger partial charge in [-0.3, -0.25) is 4.79 Å². The molecule has 2 aliphatic rings. The molecule has 2 heterocycles. The molecule has 3 rings (SSSR count). The minimum atomic E-state index is -3.62. The molecule has 0 aromatic heterocycles. The van der Waals surface area contributed by atoms with Crippen LogP contribution >= 0.6 is 23.2 Å². The maximum atomic E-state index is 12.8. The highest BCUT2D eigenvalue weighted by Gasteiger charge is 2.34. The molecule has 0 aliphatic carbocycles. The summed E-state index contributed by atoms with van der Waals surface area (Å²) in [5, 5.41) is 0.544. The standard InChI is InChI=1S/C18H24Cl2N2O3S/c1-13-4-8-21(9-5-13)18(23)14-6-10-22(11-7-14)26(24,25)15-2-3-16(19)17(20)12-15/h2-3,12-14H,4-11H2,1H3. The van der Waals surface area contributed by atoms with Gasteiger partial charge in [0.2, 0.25) is 15.9 Å². The van der Waals surface area contributed by atoms with Crippen LogP contribution < -0.4 is 0 Å². The summed E-state index contributed by atoms with van der Waals surface area (Å²) in [4.78, 5) is 14.8. The fraction of sp³-hybridized carbons (Fsp3) is 0.611. The zero-order chi connectivity index (χ0) is 18.9. The normalized spacial score (nSPS) is 21.1. The van der Waals surface area contributed by atoms with Crippen LogP contribution in [0.1, 0.15) is 32.6 Å². The first-order valence-electron chi connectivity index (χ1n) is 9.03. The van der Waals surface area contributed by atoms with Gasteiger partial charge in [0.1, 0.15) is 0 Å². The van der Waals surface area contributed by atoms with Crippen LogP contribution in [0.15, 0.2) is 23.1 Å². The molecule has 8 heteroatoms. The summed E-state index contributed by atoms with van der Waals surface area (Å²) in [7, 11) is -3.62. The number of carbonyl (C=O) groups is 1. The molecule has 2 fully saturated rings. The van der Waals surface area contributed by atoms with Crippen LogP contribution in [0.2, 0.25) is 10.0 Å². The molecule has 0 spiro atoms. The highest BCUT2D eigenvalue weighted by molar-refractivity contribution is 7.89. The summed E-state index contributed by atoms with van der Waals surface area (Å²) < 4.78 is 27.0. The lowest BCUT2D eigenvalue weighted by Crippen LogP contribution is -2.46. The highest BCUT2D eigenvalue weighted by atomic mass is 35.5. The van der Waals surface area contributed by atoms with Crippen LogP contribution in [0, 0.1) is 11.8 Å². The molecule has 26 heavy (non-hydrogen) atoms. The van der Waals surface area contributed by atoms with Gasteiger partial charge in [-0.1, -0.05) is 30.1 Å². The van der Waals surface area contributed by atoms with Crippen LogP contribution in [0.4, 0.5) is 0 Å². The van der Waals surface area contributed by atoms with E-state index in [2.05, 4.69) is 6.92 Å². The van der Waals surface area contributed by atoms with Crippen molar-refractivity contribution in [3.8, 4) is 0 Å². The molecule has 1 amide bonds. The van der Waals surface area contributed by atoms with Crippen molar-refractivity contribution in [1.29, 1.82) is 0 Å². The maximum absolute atomic E-state index is 12.8. The minimum absolute atomic E-state index is 0.0799. The second kappa shape index (κ2) is 8.05. The molecule has 144 valence electrons. The van der Waals surface area contributed by atoms with Crippen molar-refractivity contribution in [1.82, 2.24) is 9.21 Å². The highest BCUT2D eigenvalue weighted by Crippen LogP contribution is 2.30. The molecule has 2 saturated heterocycles. The second-order valence-electron chi connectivity index (χ2n) is 7.26. The molecule has 0 saturated carbocycles. The molecule has 0 unspecified atom stereocenters. The molecular formula is C18H24Cl2N2O3S. The smallest absolute Gasteiger partial charge is 0.243 e. The monoisotopic (exact) mass is 418 g/mol. The van der Waals surface area contributed by atoms with Crippen molar-refractivity contribution >= 4 is 39.1 Å². The van der Waals surface area contributed by atoms with Crippen LogP contribution in [-0.2, 0) is 14.8 Å². The lowest BCUT2D eigenvalue weighted by Gasteiger charge is -2.36. The average molecular weight is 419 g/mol. The Bertz CT molecular complexity index is 769. The van der Waals surface area contributed by atoms with E-state index in [0.29, 0.717) is 36.9 Å². The Morgan fingerprint density at radius 2 is 1.62 bits per heavy atom. The third-order valence-corrected chi connectivity index (χ3v) is 8.06. The van der Waals surface area contributed by atoms with Crippen molar-refractivity contribution in [2.45, 2.75) is 37.5 Å². The van der Waals surface area contributed by atoms with Gasteiger partial charge in [-0.25, -0.2) is 8.42 Å². The number of rotatable bonds is 3. The van der Waals surface area contributed by atoms with Gasteiger partial charge >= 0.3 is 0 Å². The number of benzene rings is 1. The molecule has 5 nitrogen and oxygen atoms in total. The molecule has 0 N–H and O–H groups in total. The van der Waals surface area contributed by atoms with Gasteiger partial charge in [-0.2, -0.15) is 4.31 Å². The topological polar surface area (TPSA) is 57.7 Å². The molecule has 1 aromatic rings. The summed E-state index contributed by atoms with van der Waals surface area (Å²) in [5.74, 6) is 0.782. The number of sulfonamides is 1. The van der Waals surface area contributed by atoms with Gasteiger partial charge < -0.3 is 4.90 Å². The van der Waals surface area contributed by atoms with E-state index in [1.807, 2.05) is 4.90 Å². The summed E-state index contributed by atoms with van der Waals surface area (Å²) in [6.07, 6.45) is 3.23. The maximum Gasteiger partial charge on any atom is 0.243 e. The summed E-state index contributed by atoms with van der Waals surface area (Å²) in [5.41, 5.74) is 0. The van der Waals surface area contributed by atoms with Crippen molar-refractivity contribution < 1.29 is 13.2 Å². The van der Waals surface area contributed by atoms with Crippen molar-refractivity contribution in [3.05, 3.63) is 28.2 Å². The van der Waals surface area contributed by atoms with E-state index in [1.165, 1.54) is 22.5 Å². The lowest BCUT2D eigenvalue weighted by atomic mass is 9.93. The van der Waals surface area contributed by atoms with Crippen LogP contribution in [0.5, 0.6) is 0 Å². The minimum Gasteiger partial charge on any atom is -0.342 e. The van der Waals surface area contributed by atoms with E-state index in [9.17, 15) is 13.2 Å². The van der Waals surface area contributed by atoms with Gasteiger partial charge in [-0.15, -0.1) is 0 Å². The first kappa shape index (κ1) is 19.9. The summed E-state index contributed by atoms with van der Waals surface area (Å²) in [6, 6.07) is 4.34. The van der Waals surface area contributed by atoms with Gasteiger partial charge in [0.25, 0.3) is 0 Å². The average Bonchev–Trinajstić information content (AvgIpc) is 2.64. The zero-order valence-corrected chi connectivity index (χ0v) is 17.2. The summed E-state index contributed by atoms with van der Waals surface area (Å²) in [6.45, 7) is 4.56. The van der Waals surface area contributed by atoms with E-state index in [4.69, 9.17) is 23.2 Å². The first-order valence-corrected chi connectivity index (χ1v) is 11.2. The first-order chi connectivity index (χ1) is 12.3. The number of halogens is 2. The van der Waals surface area contributed by atoms with Crippen molar-refractivity contribution in [2.24, 2.45) is 11.8 Å². The molecule has 2 aliphatic heterocycles. The second-order valence-corrected chi connectivity index (χ2v) is 10.0. The zero-order valence-electron chi connectivity index (χ0n) is 14.8. The number of nitrogens with zero attached hydrogens (tertiary/aromatic N) is 2. The Balaban J connectivity index is 1.62. The number of hydrogen-bond acceptors (Lipinski definition) is 3. The van der Waals surface area contributed by atoms with Crippen molar-refractivity contribution in [3.63, 3.8) is 0 Å². The van der Waals surface area contributed by atoms with Crippen LogP contribution in [0.25, 0.3) is 0 Å². The van der Waals surface area contributed by atoms with E-state index in [-0.39, 0.29) is 21.7 Å². The molecule has 0 bridgehead atoms. The Morgan fingerprint density at radius 3 is 2.19 bits per heavy atom. The van der Waals surface area contributed by atoms with Crippen LogP contribution in [-0.4, -0.2) is 49.7 Å². The van der Waals surface area contributed by atoms with Gasteiger partial charge in [0, 0.05) is 32.1 Å². The lowest BCUT2D eigenvalue weighted by molar-refractivity contribution is -0.138. The van der Waals surface area contributed by atoms with Crippen molar-refractivity contribution in [2.75, 3.05) is 26.2 Å². The Kier molecular flexibility index (Phi) is 6.17. The summed E-state index contributed by atoms with van der Waals surface area (Å²) >= 11 is 11.8. The van der Waals surface area contributed by atoms with E-state index in [1.54, 1.807) is 0 Å². The van der Waals surface area contributed by atoms with Crippen LogP contribution in [0.3, 0.4) is 0 Å². The number of likely N-dealkylation sites (tertiary alicyclic amines) is 1. The molecular weight excluding hydrogens is 395 g/mol. The Morgan fingerprint density at radius 1 is 1.00 bits per heavy atom. The Labute approximate surface area is 165 Å².